The first-order valence-electron chi connectivity index (χ1n) is 11.5. The first-order chi connectivity index (χ1) is 16.3. The monoisotopic (exact) mass is 492 g/mol. The summed E-state index contributed by atoms with van der Waals surface area (Å²) in [5.74, 6) is -5.15. The van der Waals surface area contributed by atoms with Crippen LogP contribution in [0.2, 0.25) is 0 Å². The Morgan fingerprint density at radius 1 is 0.800 bits per heavy atom. The number of hydrogen-bond donors (Lipinski definition) is 6. The van der Waals surface area contributed by atoms with Gasteiger partial charge in [0.25, 0.3) is 0 Å². The minimum atomic E-state index is -1.55. The molecule has 0 aliphatic carbocycles. The van der Waals surface area contributed by atoms with Crippen molar-refractivity contribution in [2.45, 2.75) is 71.1 Å². The smallest absolute Gasteiger partial charge is 0.326 e. The zero-order valence-corrected chi connectivity index (χ0v) is 20.5. The van der Waals surface area contributed by atoms with Crippen LogP contribution in [0.4, 0.5) is 0 Å². The van der Waals surface area contributed by atoms with E-state index in [-0.39, 0.29) is 24.7 Å². The molecule has 0 bridgehead atoms. The second-order valence-corrected chi connectivity index (χ2v) is 9.21. The van der Waals surface area contributed by atoms with Crippen LogP contribution in [0.5, 0.6) is 0 Å². The van der Waals surface area contributed by atoms with Crippen molar-refractivity contribution < 1.29 is 34.2 Å². The molecule has 1 aromatic rings. The van der Waals surface area contributed by atoms with Crippen LogP contribution in [0.1, 0.15) is 46.1 Å². The molecule has 0 aliphatic rings. The summed E-state index contributed by atoms with van der Waals surface area (Å²) in [4.78, 5) is 61.3. The van der Waals surface area contributed by atoms with E-state index in [4.69, 9.17) is 5.73 Å². The Labute approximate surface area is 204 Å². The first-order valence-corrected chi connectivity index (χ1v) is 11.5. The van der Waals surface area contributed by atoms with E-state index in [1.165, 1.54) is 0 Å². The highest BCUT2D eigenvalue weighted by molar-refractivity contribution is 5.95. The number of aliphatic carboxylic acids is 2. The summed E-state index contributed by atoms with van der Waals surface area (Å²) in [7, 11) is 0. The SMILES string of the molecule is CC(C)CC(NC(=O)C(N)C(C)C)C(=O)NC(CC(=O)O)C(=O)NC(Cc1ccccc1)C(=O)O. The van der Waals surface area contributed by atoms with Gasteiger partial charge in [0.15, 0.2) is 0 Å². The van der Waals surface area contributed by atoms with Gasteiger partial charge in [0.2, 0.25) is 17.7 Å². The number of nitrogens with two attached hydrogens (primary N) is 1. The molecule has 0 radical (unpaired) electrons. The van der Waals surface area contributed by atoms with Crippen LogP contribution in [0.15, 0.2) is 30.3 Å². The molecule has 0 saturated carbocycles. The number of carbonyl (C=O) groups excluding carboxylic acids is 3. The zero-order chi connectivity index (χ0) is 26.7. The number of rotatable bonds is 14. The third kappa shape index (κ3) is 10.6. The molecule has 35 heavy (non-hydrogen) atoms. The molecule has 0 heterocycles. The van der Waals surface area contributed by atoms with E-state index < -0.39 is 60.2 Å². The largest absolute Gasteiger partial charge is 0.481 e. The lowest BCUT2D eigenvalue weighted by molar-refractivity contribution is -0.143. The van der Waals surface area contributed by atoms with E-state index >= 15 is 0 Å². The number of amides is 3. The van der Waals surface area contributed by atoms with Gasteiger partial charge < -0.3 is 31.9 Å². The van der Waals surface area contributed by atoms with E-state index in [2.05, 4.69) is 16.0 Å². The lowest BCUT2D eigenvalue weighted by atomic mass is 10.00. The summed E-state index contributed by atoms with van der Waals surface area (Å²) in [6, 6.07) is 3.78. The van der Waals surface area contributed by atoms with Crippen LogP contribution < -0.4 is 21.7 Å². The lowest BCUT2D eigenvalue weighted by Crippen LogP contribution is -2.58. The van der Waals surface area contributed by atoms with Gasteiger partial charge in [-0.25, -0.2) is 4.79 Å². The molecule has 0 fully saturated rings. The Morgan fingerprint density at radius 3 is 1.80 bits per heavy atom. The van der Waals surface area contributed by atoms with Crippen LogP contribution in [0.25, 0.3) is 0 Å². The summed E-state index contributed by atoms with van der Waals surface area (Å²) < 4.78 is 0. The molecular formula is C24H36N4O7. The number of carboxylic acid groups (broad SMARTS) is 2. The fourth-order valence-electron chi connectivity index (χ4n) is 3.25. The molecule has 11 nitrogen and oxygen atoms in total. The Kier molecular flexibility index (Phi) is 11.9. The highest BCUT2D eigenvalue weighted by atomic mass is 16.4. The van der Waals surface area contributed by atoms with Gasteiger partial charge in [-0.2, -0.15) is 0 Å². The number of benzene rings is 1. The van der Waals surface area contributed by atoms with Crippen molar-refractivity contribution >= 4 is 29.7 Å². The number of carbonyl (C=O) groups is 5. The summed E-state index contributed by atoms with van der Waals surface area (Å²) >= 11 is 0. The fraction of sp³-hybridized carbons (Fsp3) is 0.542. The summed E-state index contributed by atoms with van der Waals surface area (Å²) in [6.07, 6.45) is -0.590. The molecule has 0 spiro atoms. The van der Waals surface area contributed by atoms with Crippen LogP contribution in [0.3, 0.4) is 0 Å². The summed E-state index contributed by atoms with van der Waals surface area (Å²) in [5, 5.41) is 26.0. The highest BCUT2D eigenvalue weighted by Gasteiger charge is 2.32. The van der Waals surface area contributed by atoms with E-state index in [9.17, 15) is 34.2 Å². The minimum Gasteiger partial charge on any atom is -0.481 e. The van der Waals surface area contributed by atoms with Crippen LogP contribution in [0, 0.1) is 11.8 Å². The predicted molar refractivity (Wildman–Crippen MR) is 128 cm³/mol. The molecule has 4 unspecified atom stereocenters. The first kappa shape index (κ1) is 29.6. The number of nitrogens with one attached hydrogen (secondary N) is 3. The molecule has 0 saturated heterocycles. The molecule has 7 N–H and O–H groups in total. The van der Waals surface area contributed by atoms with Crippen molar-refractivity contribution in [1.29, 1.82) is 0 Å². The Morgan fingerprint density at radius 2 is 1.31 bits per heavy atom. The van der Waals surface area contributed by atoms with Gasteiger partial charge >= 0.3 is 11.9 Å². The van der Waals surface area contributed by atoms with Gasteiger partial charge in [-0.15, -0.1) is 0 Å². The van der Waals surface area contributed by atoms with Crippen molar-refractivity contribution in [3.8, 4) is 0 Å². The molecule has 194 valence electrons. The maximum Gasteiger partial charge on any atom is 0.326 e. The molecule has 4 atom stereocenters. The average Bonchev–Trinajstić information content (AvgIpc) is 2.76. The maximum atomic E-state index is 13.0. The highest BCUT2D eigenvalue weighted by Crippen LogP contribution is 2.09. The maximum absolute atomic E-state index is 13.0. The van der Waals surface area contributed by atoms with Crippen molar-refractivity contribution in [3.63, 3.8) is 0 Å². The van der Waals surface area contributed by atoms with Gasteiger partial charge in [-0.3, -0.25) is 19.2 Å². The van der Waals surface area contributed by atoms with Crippen LogP contribution in [-0.4, -0.2) is 64.0 Å². The van der Waals surface area contributed by atoms with Gasteiger partial charge in [0.1, 0.15) is 18.1 Å². The van der Waals surface area contributed by atoms with Crippen molar-refractivity contribution in [3.05, 3.63) is 35.9 Å². The third-order valence-corrected chi connectivity index (χ3v) is 5.27. The summed E-state index contributed by atoms with van der Waals surface area (Å²) in [5.41, 5.74) is 6.51. The standard InChI is InChI=1S/C24H36N4O7/c1-13(2)10-16(27-23(33)20(25)14(3)4)21(31)26-17(12-19(29)30)22(32)28-18(24(34)35)11-15-8-6-5-7-9-15/h5-9,13-14,16-18,20H,10-12,25H2,1-4H3,(H,26,31)(H,27,33)(H,28,32)(H,29,30)(H,34,35). The van der Waals surface area contributed by atoms with Crippen LogP contribution in [-0.2, 0) is 30.4 Å². The van der Waals surface area contributed by atoms with Gasteiger partial charge in [0.05, 0.1) is 12.5 Å². The zero-order valence-electron chi connectivity index (χ0n) is 20.5. The molecule has 0 aliphatic heterocycles. The minimum absolute atomic E-state index is 0.0182. The van der Waals surface area contributed by atoms with Crippen molar-refractivity contribution in [2.75, 3.05) is 0 Å². The van der Waals surface area contributed by atoms with E-state index in [1.807, 2.05) is 13.8 Å². The Balaban J connectivity index is 3.02. The normalized spacial score (nSPS) is 14.5. The van der Waals surface area contributed by atoms with Gasteiger partial charge in [-0.1, -0.05) is 58.0 Å². The van der Waals surface area contributed by atoms with Gasteiger partial charge in [-0.05, 0) is 23.8 Å². The molecule has 1 rings (SSSR count). The topological polar surface area (TPSA) is 188 Å². The predicted octanol–water partition coefficient (Wildman–Crippen LogP) is 0.272. The Bertz CT molecular complexity index is 889. The number of carboxylic acids is 2. The lowest BCUT2D eigenvalue weighted by Gasteiger charge is -2.26. The van der Waals surface area contributed by atoms with Crippen LogP contribution >= 0.6 is 0 Å². The second-order valence-electron chi connectivity index (χ2n) is 9.21. The van der Waals surface area contributed by atoms with E-state index in [1.54, 1.807) is 44.2 Å². The molecule has 11 heteroatoms. The quantitative estimate of drug-likeness (QED) is 0.213. The number of hydrogen-bond acceptors (Lipinski definition) is 6. The Hall–Kier alpha value is -3.47. The molecular weight excluding hydrogens is 456 g/mol. The third-order valence-electron chi connectivity index (χ3n) is 5.27. The molecule has 1 aromatic carbocycles. The van der Waals surface area contributed by atoms with E-state index in [0.29, 0.717) is 5.56 Å². The molecule has 3 amide bonds. The van der Waals surface area contributed by atoms with Crippen molar-refractivity contribution in [1.82, 2.24) is 16.0 Å². The van der Waals surface area contributed by atoms with Crippen molar-refractivity contribution in [2.24, 2.45) is 17.6 Å². The second kappa shape index (κ2) is 14.1. The van der Waals surface area contributed by atoms with Gasteiger partial charge in [0, 0.05) is 6.42 Å². The van der Waals surface area contributed by atoms with E-state index in [0.717, 1.165) is 0 Å². The fourth-order valence-corrected chi connectivity index (χ4v) is 3.25. The molecule has 0 aromatic heterocycles. The average molecular weight is 493 g/mol. The summed E-state index contributed by atoms with van der Waals surface area (Å²) in [6.45, 7) is 7.17.